The van der Waals surface area contributed by atoms with E-state index in [-0.39, 0.29) is 0 Å². The highest BCUT2D eigenvalue weighted by atomic mass is 16.2. The average molecular weight is 386 g/mol. The minimum Gasteiger partial charge on any atom is -0.355 e. The van der Waals surface area contributed by atoms with Gasteiger partial charge in [0.1, 0.15) is 5.82 Å². The van der Waals surface area contributed by atoms with E-state index in [9.17, 15) is 4.79 Å². The lowest BCUT2D eigenvalue weighted by Crippen LogP contribution is -2.39. The third-order valence-corrected chi connectivity index (χ3v) is 6.32. The molecule has 0 atom stereocenters. The Morgan fingerprint density at radius 1 is 0.931 bits per heavy atom. The van der Waals surface area contributed by atoms with E-state index < -0.39 is 0 Å². The number of carbonyl (C=O) groups excluding carboxylic acids is 1. The maximum Gasteiger partial charge on any atom is 0.223 e. The molecule has 5 rings (SSSR count). The smallest absolute Gasteiger partial charge is 0.223 e. The number of anilines is 1. The van der Waals surface area contributed by atoms with Crippen molar-refractivity contribution < 1.29 is 4.79 Å². The van der Waals surface area contributed by atoms with Crippen LogP contribution in [0, 0.1) is 5.92 Å². The van der Waals surface area contributed by atoms with Gasteiger partial charge in [-0.1, -0.05) is 36.4 Å². The predicted molar refractivity (Wildman–Crippen MR) is 115 cm³/mol. The van der Waals surface area contributed by atoms with Crippen LogP contribution in [0.15, 0.2) is 54.7 Å². The van der Waals surface area contributed by atoms with E-state index in [1.807, 2.05) is 35.4 Å². The molecule has 1 fully saturated rings. The van der Waals surface area contributed by atoms with Crippen LogP contribution >= 0.6 is 0 Å². The van der Waals surface area contributed by atoms with E-state index >= 15 is 0 Å². The number of para-hydroxylation sites is 2. The summed E-state index contributed by atoms with van der Waals surface area (Å²) < 4.78 is 0. The number of rotatable bonds is 3. The minimum atomic E-state index is 0.309. The molecule has 1 amide bonds. The molecule has 1 saturated heterocycles. The molecule has 0 bridgehead atoms. The summed E-state index contributed by atoms with van der Waals surface area (Å²) in [5, 5.41) is 0. The number of hydrogen-bond donors (Lipinski definition) is 0. The first-order valence-electron chi connectivity index (χ1n) is 10.6. The molecule has 0 saturated carbocycles. The van der Waals surface area contributed by atoms with Crippen LogP contribution in [-0.2, 0) is 17.8 Å². The summed E-state index contributed by atoms with van der Waals surface area (Å²) in [6, 6.07) is 16.5. The van der Waals surface area contributed by atoms with Crippen molar-refractivity contribution in [2.24, 2.45) is 5.92 Å². The Bertz CT molecular complexity index is 1030. The molecule has 148 valence electrons. The van der Waals surface area contributed by atoms with Crippen molar-refractivity contribution in [2.75, 3.05) is 24.5 Å². The van der Waals surface area contributed by atoms with Crippen LogP contribution in [0.4, 0.5) is 5.82 Å². The van der Waals surface area contributed by atoms with Crippen molar-refractivity contribution in [3.05, 3.63) is 65.9 Å². The van der Waals surface area contributed by atoms with Crippen LogP contribution in [-0.4, -0.2) is 40.4 Å². The van der Waals surface area contributed by atoms with Crippen LogP contribution in [0.3, 0.4) is 0 Å². The van der Waals surface area contributed by atoms with Gasteiger partial charge in [0, 0.05) is 32.6 Å². The Morgan fingerprint density at radius 2 is 1.66 bits per heavy atom. The fourth-order valence-electron chi connectivity index (χ4n) is 4.55. The van der Waals surface area contributed by atoms with E-state index in [0.29, 0.717) is 18.2 Å². The van der Waals surface area contributed by atoms with Crippen LogP contribution in [0.1, 0.15) is 30.4 Å². The standard InChI is InChI=1S/C24H26N4O/c29-24(28-14-11-19-5-1-2-6-20(19)17-28)15-18-9-12-27(13-10-18)23-16-25-21-7-3-4-8-22(21)26-23/h1-8,16,18H,9-15,17H2. The lowest BCUT2D eigenvalue weighted by atomic mass is 9.92. The Hall–Kier alpha value is -2.95. The van der Waals surface area contributed by atoms with E-state index in [4.69, 9.17) is 4.98 Å². The number of benzene rings is 2. The number of nitrogens with zero attached hydrogens (tertiary/aromatic N) is 4. The maximum atomic E-state index is 12.9. The zero-order chi connectivity index (χ0) is 19.6. The highest BCUT2D eigenvalue weighted by molar-refractivity contribution is 5.77. The highest BCUT2D eigenvalue weighted by Gasteiger charge is 2.26. The van der Waals surface area contributed by atoms with Crippen molar-refractivity contribution in [3.8, 4) is 0 Å². The van der Waals surface area contributed by atoms with E-state index in [2.05, 4.69) is 34.1 Å². The summed E-state index contributed by atoms with van der Waals surface area (Å²) >= 11 is 0. The molecule has 0 radical (unpaired) electrons. The molecular weight excluding hydrogens is 360 g/mol. The molecule has 0 spiro atoms. The van der Waals surface area contributed by atoms with Gasteiger partial charge in [0.15, 0.2) is 0 Å². The summed E-state index contributed by atoms with van der Waals surface area (Å²) in [4.78, 5) is 26.5. The molecule has 1 aromatic heterocycles. The van der Waals surface area contributed by atoms with Crippen LogP contribution in [0.2, 0.25) is 0 Å². The van der Waals surface area contributed by atoms with Gasteiger partial charge in [0.2, 0.25) is 5.91 Å². The van der Waals surface area contributed by atoms with Crippen LogP contribution in [0.25, 0.3) is 11.0 Å². The normalized spacial score (nSPS) is 17.4. The summed E-state index contributed by atoms with van der Waals surface area (Å²) in [5.41, 5.74) is 4.56. The summed E-state index contributed by atoms with van der Waals surface area (Å²) in [5.74, 6) is 1.72. The molecule has 3 heterocycles. The number of amides is 1. The highest BCUT2D eigenvalue weighted by Crippen LogP contribution is 2.27. The molecule has 0 unspecified atom stereocenters. The van der Waals surface area contributed by atoms with E-state index in [1.54, 1.807) is 0 Å². The SMILES string of the molecule is O=C(CC1CCN(c2cnc3ccccc3n2)CC1)N1CCc2ccccc2C1. The predicted octanol–water partition coefficient (Wildman–Crippen LogP) is 3.82. The molecule has 5 heteroatoms. The Morgan fingerprint density at radius 3 is 2.48 bits per heavy atom. The molecule has 2 aromatic carbocycles. The first-order chi connectivity index (χ1) is 14.3. The molecule has 0 aliphatic carbocycles. The second kappa shape index (κ2) is 7.82. The van der Waals surface area contributed by atoms with Gasteiger partial charge in [-0.15, -0.1) is 0 Å². The number of piperidine rings is 1. The monoisotopic (exact) mass is 386 g/mol. The van der Waals surface area contributed by atoms with Gasteiger partial charge in [-0.05, 0) is 48.4 Å². The third-order valence-electron chi connectivity index (χ3n) is 6.32. The fourth-order valence-corrected chi connectivity index (χ4v) is 4.55. The van der Waals surface area contributed by atoms with Gasteiger partial charge in [-0.25, -0.2) is 4.98 Å². The van der Waals surface area contributed by atoms with Crippen molar-refractivity contribution in [1.29, 1.82) is 0 Å². The quantitative estimate of drug-likeness (QED) is 0.687. The first-order valence-corrected chi connectivity index (χ1v) is 10.6. The second-order valence-electron chi connectivity index (χ2n) is 8.19. The Balaban J connectivity index is 1.17. The molecule has 3 aromatic rings. The Kier molecular flexibility index (Phi) is 4.88. The van der Waals surface area contributed by atoms with Crippen molar-refractivity contribution >= 4 is 22.8 Å². The molecule has 2 aliphatic rings. The van der Waals surface area contributed by atoms with Crippen molar-refractivity contribution in [2.45, 2.75) is 32.2 Å². The zero-order valence-corrected chi connectivity index (χ0v) is 16.6. The maximum absolute atomic E-state index is 12.9. The molecule has 29 heavy (non-hydrogen) atoms. The Labute approximate surface area is 171 Å². The topological polar surface area (TPSA) is 49.3 Å². The summed E-state index contributed by atoms with van der Waals surface area (Å²) in [6.45, 7) is 3.49. The van der Waals surface area contributed by atoms with Gasteiger partial charge in [-0.3, -0.25) is 9.78 Å². The second-order valence-corrected chi connectivity index (χ2v) is 8.19. The molecule has 0 N–H and O–H groups in total. The number of carbonyl (C=O) groups is 1. The lowest BCUT2D eigenvalue weighted by molar-refractivity contribution is -0.133. The van der Waals surface area contributed by atoms with Gasteiger partial charge < -0.3 is 9.80 Å². The van der Waals surface area contributed by atoms with Gasteiger partial charge in [0.25, 0.3) is 0 Å². The number of aromatic nitrogens is 2. The van der Waals surface area contributed by atoms with Crippen LogP contribution < -0.4 is 4.90 Å². The van der Waals surface area contributed by atoms with Gasteiger partial charge >= 0.3 is 0 Å². The van der Waals surface area contributed by atoms with Gasteiger partial charge in [-0.2, -0.15) is 0 Å². The first kappa shape index (κ1) is 18.1. The fraction of sp³-hybridized carbons (Fsp3) is 0.375. The van der Waals surface area contributed by atoms with Crippen molar-refractivity contribution in [3.63, 3.8) is 0 Å². The summed E-state index contributed by atoms with van der Waals surface area (Å²) in [6.07, 6.45) is 5.58. The number of hydrogen-bond acceptors (Lipinski definition) is 4. The third kappa shape index (κ3) is 3.82. The lowest BCUT2D eigenvalue weighted by Gasteiger charge is -2.34. The molecule has 5 nitrogen and oxygen atoms in total. The zero-order valence-electron chi connectivity index (χ0n) is 16.6. The van der Waals surface area contributed by atoms with E-state index in [0.717, 1.165) is 62.3 Å². The summed E-state index contributed by atoms with van der Waals surface area (Å²) in [7, 11) is 0. The number of fused-ring (bicyclic) bond motifs is 2. The average Bonchev–Trinajstić information content (AvgIpc) is 2.79. The van der Waals surface area contributed by atoms with Crippen LogP contribution in [0.5, 0.6) is 0 Å². The molecular formula is C24H26N4O. The largest absolute Gasteiger partial charge is 0.355 e. The minimum absolute atomic E-state index is 0.309. The van der Waals surface area contributed by atoms with Crippen molar-refractivity contribution in [1.82, 2.24) is 14.9 Å². The van der Waals surface area contributed by atoms with E-state index in [1.165, 1.54) is 11.1 Å². The van der Waals surface area contributed by atoms with Gasteiger partial charge in [0.05, 0.1) is 17.2 Å². The molecule has 2 aliphatic heterocycles.